The van der Waals surface area contributed by atoms with E-state index in [1.165, 1.54) is 0 Å². The first-order valence-electron chi connectivity index (χ1n) is 5.07. The van der Waals surface area contributed by atoms with Gasteiger partial charge >= 0.3 is 0 Å². The van der Waals surface area contributed by atoms with E-state index in [2.05, 4.69) is 0 Å². The fourth-order valence-corrected chi connectivity index (χ4v) is 1.32. The molecule has 1 N–H and O–H groups in total. The summed E-state index contributed by atoms with van der Waals surface area (Å²) in [6.45, 7) is 2.42. The Morgan fingerprint density at radius 2 is 1.93 bits per heavy atom. The zero-order valence-electron chi connectivity index (χ0n) is 9.22. The average molecular weight is 210 g/mol. The Morgan fingerprint density at radius 1 is 1.27 bits per heavy atom. The van der Waals surface area contributed by atoms with E-state index >= 15 is 0 Å². The van der Waals surface area contributed by atoms with Gasteiger partial charge in [-0.3, -0.25) is 0 Å². The molecule has 0 saturated carbocycles. The fraction of sp³-hybridized carbons (Fsp3) is 0.500. The molecular weight excluding hydrogens is 192 g/mol. The molecule has 0 aliphatic heterocycles. The summed E-state index contributed by atoms with van der Waals surface area (Å²) in [4.78, 5) is 0. The van der Waals surface area contributed by atoms with Crippen LogP contribution in [0.5, 0.6) is 0 Å². The summed E-state index contributed by atoms with van der Waals surface area (Å²) in [5.74, 6) is 0. The highest BCUT2D eigenvalue weighted by Crippen LogP contribution is 2.07. The zero-order chi connectivity index (χ0) is 11.1. The number of methoxy groups -OCH3 is 1. The van der Waals surface area contributed by atoms with Gasteiger partial charge in [0.05, 0.1) is 19.3 Å². The third-order valence-corrected chi connectivity index (χ3v) is 2.36. The molecule has 0 aliphatic rings. The van der Waals surface area contributed by atoms with E-state index in [0.29, 0.717) is 6.61 Å². The van der Waals surface area contributed by atoms with Gasteiger partial charge in [-0.05, 0) is 12.5 Å². The minimum atomic E-state index is -0.256. The second-order valence-electron chi connectivity index (χ2n) is 3.46. The molecule has 0 saturated heterocycles. The minimum absolute atomic E-state index is 0.0214. The monoisotopic (exact) mass is 210 g/mol. The van der Waals surface area contributed by atoms with Gasteiger partial charge in [0, 0.05) is 7.11 Å². The molecule has 1 aromatic rings. The Balaban J connectivity index is 2.36. The van der Waals surface area contributed by atoms with Crippen molar-refractivity contribution in [3.05, 3.63) is 35.9 Å². The SMILES string of the molecule is COC(CO)[C@H](C)OCc1ccccc1. The first-order valence-corrected chi connectivity index (χ1v) is 5.07. The lowest BCUT2D eigenvalue weighted by atomic mass is 10.2. The van der Waals surface area contributed by atoms with Crippen molar-refractivity contribution in [1.29, 1.82) is 0 Å². The Morgan fingerprint density at radius 3 is 2.47 bits per heavy atom. The van der Waals surface area contributed by atoms with Gasteiger partial charge in [0.2, 0.25) is 0 Å². The Bertz CT molecular complexity index is 257. The van der Waals surface area contributed by atoms with Crippen molar-refractivity contribution >= 4 is 0 Å². The van der Waals surface area contributed by atoms with E-state index in [9.17, 15) is 0 Å². The van der Waals surface area contributed by atoms with Crippen LogP contribution in [0.4, 0.5) is 0 Å². The van der Waals surface area contributed by atoms with Crippen LogP contribution in [0.25, 0.3) is 0 Å². The van der Waals surface area contributed by atoms with Crippen LogP contribution in [0.3, 0.4) is 0 Å². The lowest BCUT2D eigenvalue weighted by Crippen LogP contribution is -2.31. The van der Waals surface area contributed by atoms with Crippen molar-refractivity contribution in [2.45, 2.75) is 25.7 Å². The number of aliphatic hydroxyl groups excluding tert-OH is 1. The van der Waals surface area contributed by atoms with Crippen LogP contribution >= 0.6 is 0 Å². The van der Waals surface area contributed by atoms with Crippen molar-refractivity contribution in [3.8, 4) is 0 Å². The summed E-state index contributed by atoms with van der Waals surface area (Å²) >= 11 is 0. The molecular formula is C12H18O3. The third kappa shape index (κ3) is 4.00. The molecule has 0 fully saturated rings. The molecule has 3 heteroatoms. The fourth-order valence-electron chi connectivity index (χ4n) is 1.32. The second-order valence-corrected chi connectivity index (χ2v) is 3.46. The summed E-state index contributed by atoms with van der Waals surface area (Å²) in [7, 11) is 1.57. The van der Waals surface area contributed by atoms with Crippen LogP contribution in [-0.2, 0) is 16.1 Å². The highest BCUT2D eigenvalue weighted by Gasteiger charge is 2.15. The Kier molecular flexibility index (Phi) is 5.32. The molecule has 15 heavy (non-hydrogen) atoms. The van der Waals surface area contributed by atoms with E-state index < -0.39 is 0 Å². The first kappa shape index (κ1) is 12.2. The molecule has 0 amide bonds. The molecule has 0 aromatic heterocycles. The second kappa shape index (κ2) is 6.56. The molecule has 84 valence electrons. The maximum atomic E-state index is 8.99. The summed E-state index contributed by atoms with van der Waals surface area (Å²) in [5, 5.41) is 8.99. The maximum absolute atomic E-state index is 8.99. The van der Waals surface area contributed by atoms with Gasteiger partial charge in [-0.2, -0.15) is 0 Å². The van der Waals surface area contributed by atoms with Crippen LogP contribution in [0.15, 0.2) is 30.3 Å². The summed E-state index contributed by atoms with van der Waals surface area (Å²) in [5.41, 5.74) is 1.12. The molecule has 0 radical (unpaired) electrons. The van der Waals surface area contributed by atoms with E-state index in [0.717, 1.165) is 5.56 Å². The van der Waals surface area contributed by atoms with Crippen LogP contribution in [-0.4, -0.2) is 31.0 Å². The van der Waals surface area contributed by atoms with Gasteiger partial charge in [-0.25, -0.2) is 0 Å². The summed E-state index contributed by atoms with van der Waals surface area (Å²) in [6, 6.07) is 9.94. The predicted molar refractivity (Wildman–Crippen MR) is 58.6 cm³/mol. The van der Waals surface area contributed by atoms with Crippen LogP contribution in [0, 0.1) is 0 Å². The summed E-state index contributed by atoms with van der Waals surface area (Å²) < 4.78 is 10.7. The highest BCUT2D eigenvalue weighted by molar-refractivity contribution is 5.13. The van der Waals surface area contributed by atoms with E-state index in [4.69, 9.17) is 14.6 Å². The minimum Gasteiger partial charge on any atom is -0.394 e. The van der Waals surface area contributed by atoms with E-state index in [1.807, 2.05) is 37.3 Å². The van der Waals surface area contributed by atoms with Crippen LogP contribution < -0.4 is 0 Å². The van der Waals surface area contributed by atoms with Gasteiger partial charge in [-0.1, -0.05) is 30.3 Å². The molecule has 2 atom stereocenters. The molecule has 0 aliphatic carbocycles. The third-order valence-electron chi connectivity index (χ3n) is 2.36. The number of aliphatic hydroxyl groups is 1. The Hall–Kier alpha value is -0.900. The highest BCUT2D eigenvalue weighted by atomic mass is 16.5. The molecule has 1 rings (SSSR count). The number of rotatable bonds is 6. The van der Waals surface area contributed by atoms with Gasteiger partial charge in [0.1, 0.15) is 6.10 Å². The van der Waals surface area contributed by atoms with Crippen molar-refractivity contribution in [2.75, 3.05) is 13.7 Å². The molecule has 0 bridgehead atoms. The molecule has 0 heterocycles. The molecule has 1 unspecified atom stereocenters. The standard InChI is InChI=1S/C12H18O3/c1-10(12(8-13)14-2)15-9-11-6-4-3-5-7-11/h3-7,10,12-13H,8-9H2,1-2H3/t10-,12?/m0/s1. The molecule has 1 aromatic carbocycles. The smallest absolute Gasteiger partial charge is 0.106 e. The number of hydrogen-bond acceptors (Lipinski definition) is 3. The van der Waals surface area contributed by atoms with Crippen molar-refractivity contribution in [2.24, 2.45) is 0 Å². The van der Waals surface area contributed by atoms with Gasteiger partial charge < -0.3 is 14.6 Å². The predicted octanol–water partition coefficient (Wildman–Crippen LogP) is 1.60. The maximum Gasteiger partial charge on any atom is 0.106 e. The first-order chi connectivity index (χ1) is 7.27. The van der Waals surface area contributed by atoms with Gasteiger partial charge in [-0.15, -0.1) is 0 Å². The van der Waals surface area contributed by atoms with Gasteiger partial charge in [0.25, 0.3) is 0 Å². The lowest BCUT2D eigenvalue weighted by molar-refractivity contribution is -0.0738. The topological polar surface area (TPSA) is 38.7 Å². The van der Waals surface area contributed by atoms with Crippen LogP contribution in [0.2, 0.25) is 0 Å². The van der Waals surface area contributed by atoms with E-state index in [-0.39, 0.29) is 18.8 Å². The molecule has 0 spiro atoms. The quantitative estimate of drug-likeness (QED) is 0.775. The number of hydrogen-bond donors (Lipinski definition) is 1. The van der Waals surface area contributed by atoms with Crippen molar-refractivity contribution in [1.82, 2.24) is 0 Å². The summed E-state index contributed by atoms with van der Waals surface area (Å²) in [6.07, 6.45) is -0.367. The lowest BCUT2D eigenvalue weighted by Gasteiger charge is -2.20. The van der Waals surface area contributed by atoms with Gasteiger partial charge in [0.15, 0.2) is 0 Å². The van der Waals surface area contributed by atoms with Crippen molar-refractivity contribution < 1.29 is 14.6 Å². The normalized spacial score (nSPS) is 14.9. The number of benzene rings is 1. The largest absolute Gasteiger partial charge is 0.394 e. The average Bonchev–Trinajstić information content (AvgIpc) is 2.29. The molecule has 3 nitrogen and oxygen atoms in total. The Labute approximate surface area is 90.6 Å². The zero-order valence-corrected chi connectivity index (χ0v) is 9.22. The van der Waals surface area contributed by atoms with Crippen LogP contribution in [0.1, 0.15) is 12.5 Å². The van der Waals surface area contributed by atoms with Crippen molar-refractivity contribution in [3.63, 3.8) is 0 Å². The van der Waals surface area contributed by atoms with E-state index in [1.54, 1.807) is 7.11 Å². The number of ether oxygens (including phenoxy) is 2.